The molecule has 5 heterocycles. The number of fused-ring (bicyclic) bond motifs is 3. The molecule has 0 spiro atoms. The predicted octanol–water partition coefficient (Wildman–Crippen LogP) is 2.46. The quantitative estimate of drug-likeness (QED) is 0.144. The largest absolute Gasteiger partial charge is 0.383 e. The van der Waals surface area contributed by atoms with Crippen LogP contribution in [0.25, 0.3) is 33.3 Å². The number of amides is 2. The molecule has 6 rings (SSSR count). The lowest BCUT2D eigenvalue weighted by atomic mass is 9.97. The number of H-pyrrole nitrogens is 1. The topological polar surface area (TPSA) is 175 Å². The number of pyridine rings is 1. The average molecular weight is 642 g/mol. The molecule has 47 heavy (non-hydrogen) atoms. The molecule has 5 aromatic rings. The summed E-state index contributed by atoms with van der Waals surface area (Å²) in [4.78, 5) is 42.0. The number of carbonyl (C=O) groups excluding carboxylic acids is 2. The van der Waals surface area contributed by atoms with E-state index in [4.69, 9.17) is 25.0 Å². The molecule has 4 N–H and O–H groups in total. The molecule has 0 saturated heterocycles. The van der Waals surface area contributed by atoms with Crippen molar-refractivity contribution in [3.05, 3.63) is 65.7 Å². The zero-order valence-electron chi connectivity index (χ0n) is 26.4. The van der Waals surface area contributed by atoms with Crippen molar-refractivity contribution >= 4 is 39.7 Å². The lowest BCUT2D eigenvalue weighted by molar-refractivity contribution is -0.133. The van der Waals surface area contributed by atoms with Gasteiger partial charge in [0.2, 0.25) is 11.8 Å². The summed E-state index contributed by atoms with van der Waals surface area (Å²) < 4.78 is 18.3. The second-order valence-electron chi connectivity index (χ2n) is 11.3. The zero-order valence-corrected chi connectivity index (χ0v) is 26.4. The summed E-state index contributed by atoms with van der Waals surface area (Å²) in [6.45, 7) is 6.24. The standard InChI is InChI=1S/C33H39N9O5/c1-22(43)35-8-11-46-13-15-47-14-12-45-10-6-28(44)41-9-5-24-16-23(2-3-26(24)20-41)19-42-33-29(31(34)38-21-39-33)30(40-42)27-17-25-4-7-36-32(25)37-18-27/h2-4,7,16-18,21H,5-6,8-15,19-20H2,1H3,(H,35,43)(H,36,37)(H2,34,38,39). The maximum Gasteiger partial charge on any atom is 0.225 e. The molecule has 1 aromatic carbocycles. The minimum atomic E-state index is -0.0745. The first-order valence-corrected chi connectivity index (χ1v) is 15.7. The van der Waals surface area contributed by atoms with Gasteiger partial charge < -0.3 is 35.1 Å². The van der Waals surface area contributed by atoms with Crippen LogP contribution in [0.3, 0.4) is 0 Å². The van der Waals surface area contributed by atoms with E-state index in [9.17, 15) is 9.59 Å². The van der Waals surface area contributed by atoms with E-state index in [1.165, 1.54) is 18.8 Å². The minimum absolute atomic E-state index is 0.0745. The van der Waals surface area contributed by atoms with Gasteiger partial charge in [-0.05, 0) is 35.2 Å². The fourth-order valence-electron chi connectivity index (χ4n) is 5.66. The van der Waals surface area contributed by atoms with Gasteiger partial charge in [-0.2, -0.15) is 5.10 Å². The van der Waals surface area contributed by atoms with Crippen LogP contribution in [-0.2, 0) is 43.3 Å². The summed E-state index contributed by atoms with van der Waals surface area (Å²) in [7, 11) is 0. The molecule has 1 aliphatic rings. The fourth-order valence-corrected chi connectivity index (χ4v) is 5.66. The van der Waals surface area contributed by atoms with E-state index < -0.39 is 0 Å². The lowest BCUT2D eigenvalue weighted by Gasteiger charge is -2.29. The highest BCUT2D eigenvalue weighted by molar-refractivity contribution is 5.99. The van der Waals surface area contributed by atoms with Gasteiger partial charge in [0.05, 0.1) is 58.0 Å². The number of hydrogen-bond donors (Lipinski definition) is 3. The number of aromatic amines is 1. The van der Waals surface area contributed by atoms with Crippen LogP contribution in [0.15, 0.2) is 49.1 Å². The zero-order chi connectivity index (χ0) is 32.6. The van der Waals surface area contributed by atoms with Gasteiger partial charge in [0.25, 0.3) is 0 Å². The molecule has 0 unspecified atom stereocenters. The number of nitrogens with zero attached hydrogens (tertiary/aromatic N) is 6. The number of hydrogen-bond acceptors (Lipinski definition) is 10. The Bertz CT molecular complexity index is 1850. The van der Waals surface area contributed by atoms with Crippen molar-refractivity contribution in [2.75, 3.05) is 58.5 Å². The fraction of sp³-hybridized carbons (Fsp3) is 0.394. The van der Waals surface area contributed by atoms with Gasteiger partial charge in [-0.25, -0.2) is 19.6 Å². The molecular formula is C33H39N9O5. The first kappa shape index (κ1) is 32.0. The molecule has 0 radical (unpaired) electrons. The summed E-state index contributed by atoms with van der Waals surface area (Å²) in [6, 6.07) is 10.4. The minimum Gasteiger partial charge on any atom is -0.383 e. The van der Waals surface area contributed by atoms with Crippen LogP contribution >= 0.6 is 0 Å². The third-order valence-corrected chi connectivity index (χ3v) is 8.02. The Kier molecular flexibility index (Phi) is 10.3. The smallest absolute Gasteiger partial charge is 0.225 e. The normalized spacial score (nSPS) is 12.9. The number of nitrogens with two attached hydrogens (primary N) is 1. The number of aromatic nitrogens is 6. The molecule has 14 heteroatoms. The van der Waals surface area contributed by atoms with Crippen molar-refractivity contribution in [3.63, 3.8) is 0 Å². The summed E-state index contributed by atoms with van der Waals surface area (Å²) >= 11 is 0. The van der Waals surface area contributed by atoms with Crippen molar-refractivity contribution in [3.8, 4) is 11.3 Å². The molecule has 2 amide bonds. The SMILES string of the molecule is CC(=O)NCCOCCOCCOCCC(=O)N1CCc2cc(Cn3nc(-c4cnc5[nH]ccc5c4)c4c(N)ncnc43)ccc2C1. The van der Waals surface area contributed by atoms with E-state index >= 15 is 0 Å². The Balaban J connectivity index is 0.988. The van der Waals surface area contributed by atoms with Gasteiger partial charge in [-0.3, -0.25) is 9.59 Å². The average Bonchev–Trinajstić information content (AvgIpc) is 3.70. The van der Waals surface area contributed by atoms with Gasteiger partial charge >= 0.3 is 0 Å². The molecule has 1 aliphatic heterocycles. The molecule has 0 atom stereocenters. The van der Waals surface area contributed by atoms with Crippen LogP contribution in [0, 0.1) is 0 Å². The van der Waals surface area contributed by atoms with Gasteiger partial charge in [0.1, 0.15) is 23.5 Å². The monoisotopic (exact) mass is 641 g/mol. The summed E-state index contributed by atoms with van der Waals surface area (Å²) in [6.07, 6.45) is 6.20. The number of benzene rings is 1. The van der Waals surface area contributed by atoms with Crippen LogP contribution in [0.1, 0.15) is 30.0 Å². The van der Waals surface area contributed by atoms with Crippen LogP contribution in [0.4, 0.5) is 5.82 Å². The Morgan fingerprint density at radius 1 is 0.979 bits per heavy atom. The van der Waals surface area contributed by atoms with Crippen LogP contribution in [0.5, 0.6) is 0 Å². The van der Waals surface area contributed by atoms with Crippen LogP contribution in [-0.4, -0.2) is 99.2 Å². The van der Waals surface area contributed by atoms with Crippen molar-refractivity contribution in [1.82, 2.24) is 39.9 Å². The van der Waals surface area contributed by atoms with E-state index in [1.54, 1.807) is 6.20 Å². The van der Waals surface area contributed by atoms with E-state index in [2.05, 4.69) is 43.5 Å². The van der Waals surface area contributed by atoms with Crippen molar-refractivity contribution in [1.29, 1.82) is 0 Å². The van der Waals surface area contributed by atoms with Crippen molar-refractivity contribution in [2.45, 2.75) is 32.9 Å². The second-order valence-corrected chi connectivity index (χ2v) is 11.3. The van der Waals surface area contributed by atoms with E-state index in [1.807, 2.05) is 27.9 Å². The lowest BCUT2D eigenvalue weighted by Crippen LogP contribution is -2.36. The van der Waals surface area contributed by atoms with Crippen LogP contribution in [0.2, 0.25) is 0 Å². The van der Waals surface area contributed by atoms with Crippen LogP contribution < -0.4 is 11.1 Å². The number of anilines is 1. The Hall–Kier alpha value is -4.92. The summed E-state index contributed by atoms with van der Waals surface area (Å²) in [5, 5.41) is 9.27. The van der Waals surface area contributed by atoms with Gasteiger partial charge in [0, 0.05) is 49.9 Å². The maximum atomic E-state index is 12.9. The molecule has 0 fully saturated rings. The Morgan fingerprint density at radius 2 is 1.79 bits per heavy atom. The number of ether oxygens (including phenoxy) is 3. The first-order valence-electron chi connectivity index (χ1n) is 15.7. The maximum absolute atomic E-state index is 12.9. The summed E-state index contributed by atoms with van der Waals surface area (Å²) in [5.41, 5.74) is 12.8. The number of rotatable bonds is 15. The molecule has 246 valence electrons. The van der Waals surface area contributed by atoms with E-state index in [0.717, 1.165) is 34.1 Å². The van der Waals surface area contributed by atoms with Crippen molar-refractivity contribution in [2.24, 2.45) is 0 Å². The van der Waals surface area contributed by atoms with Gasteiger partial charge in [-0.15, -0.1) is 0 Å². The number of nitrogen functional groups attached to an aromatic ring is 1. The predicted molar refractivity (Wildman–Crippen MR) is 175 cm³/mol. The highest BCUT2D eigenvalue weighted by Crippen LogP contribution is 2.31. The molecule has 14 nitrogen and oxygen atoms in total. The van der Waals surface area contributed by atoms with Crippen molar-refractivity contribution < 1.29 is 23.8 Å². The molecule has 4 aromatic heterocycles. The third kappa shape index (κ3) is 7.91. The summed E-state index contributed by atoms with van der Waals surface area (Å²) in [5.74, 6) is 0.375. The van der Waals surface area contributed by atoms with E-state index in [0.29, 0.717) is 94.8 Å². The highest BCUT2D eigenvalue weighted by atomic mass is 16.5. The number of nitrogens with one attached hydrogen (secondary N) is 2. The van der Waals surface area contributed by atoms with Gasteiger partial charge in [-0.1, -0.05) is 18.2 Å². The van der Waals surface area contributed by atoms with Gasteiger partial charge in [0.15, 0.2) is 5.65 Å². The number of carbonyl (C=O) groups is 2. The highest BCUT2D eigenvalue weighted by Gasteiger charge is 2.22. The molecule has 0 aliphatic carbocycles. The second kappa shape index (κ2) is 15.1. The molecule has 0 saturated carbocycles. The third-order valence-electron chi connectivity index (χ3n) is 8.02. The Labute approximate surface area is 271 Å². The Morgan fingerprint density at radius 3 is 2.62 bits per heavy atom. The molecule has 0 bridgehead atoms. The van der Waals surface area contributed by atoms with E-state index in [-0.39, 0.29) is 11.8 Å². The molecular weight excluding hydrogens is 602 g/mol. The first-order chi connectivity index (χ1) is 23.0.